The average molecular weight is 247 g/mol. The van der Waals surface area contributed by atoms with Crippen LogP contribution in [0.2, 0.25) is 0 Å². The molecule has 0 aliphatic heterocycles. The highest BCUT2D eigenvalue weighted by molar-refractivity contribution is 6.41. The molecule has 87 valence electrons. The van der Waals surface area contributed by atoms with Crippen LogP contribution in [-0.2, 0) is 0 Å². The van der Waals surface area contributed by atoms with Crippen molar-refractivity contribution in [1.29, 1.82) is 0 Å². The van der Waals surface area contributed by atoms with E-state index in [0.29, 0.717) is 0 Å². The second-order valence-electron chi connectivity index (χ2n) is 3.94. The number of hydrogen-bond acceptors (Lipinski definition) is 0. The molecule has 3 heteroatoms. The number of rotatable bonds is 3. The topological polar surface area (TPSA) is 0 Å². The molecule has 17 heavy (non-hydrogen) atoms. The molecule has 2 rings (SSSR count). The summed E-state index contributed by atoms with van der Waals surface area (Å²) >= 11 is 0. The highest BCUT2D eigenvalue weighted by Crippen LogP contribution is 2.23. The van der Waals surface area contributed by atoms with Gasteiger partial charge in [-0.2, -0.15) is 0 Å². The molecule has 0 unspecified atom stereocenters. The molecule has 0 N–H and O–H groups in total. The zero-order valence-corrected chi connectivity index (χ0v) is 10.8. The first-order chi connectivity index (χ1) is 8.20. The third kappa shape index (κ3) is 2.80. The van der Waals surface area contributed by atoms with Gasteiger partial charge in [0.2, 0.25) is 0 Å². The Balaban J connectivity index is 2.33. The molecule has 0 saturated heterocycles. The van der Waals surface area contributed by atoms with Gasteiger partial charge >= 0.3 is 0 Å². The lowest BCUT2D eigenvalue weighted by Crippen LogP contribution is -2.07. The summed E-state index contributed by atoms with van der Waals surface area (Å²) in [5.41, 5.74) is 2.33. The van der Waals surface area contributed by atoms with Crippen molar-refractivity contribution in [3.63, 3.8) is 0 Å². The van der Waals surface area contributed by atoms with Crippen LogP contribution in [-0.4, -0.2) is 9.52 Å². The zero-order valence-electron chi connectivity index (χ0n) is 9.37. The fraction of sp³-hybridized carbons (Fsp3) is 0.0714. The predicted molar refractivity (Wildman–Crippen MR) is 68.5 cm³/mol. The Kier molecular flexibility index (Phi) is 3.69. The Bertz CT molecular complexity index is 431. The molecule has 0 aliphatic rings. The van der Waals surface area contributed by atoms with Crippen molar-refractivity contribution in [3.05, 3.63) is 77.8 Å². The van der Waals surface area contributed by atoms with Crippen molar-refractivity contribution in [3.8, 4) is 0 Å². The maximum atomic E-state index is 12.9. The summed E-state index contributed by atoms with van der Waals surface area (Å²) in [6, 6.07) is 12.9. The van der Waals surface area contributed by atoms with Gasteiger partial charge < -0.3 is 0 Å². The Morgan fingerprint density at radius 3 is 1.41 bits per heavy atom. The van der Waals surface area contributed by atoms with Crippen LogP contribution in [0.4, 0.5) is 8.78 Å². The molecule has 0 atom stereocenters. The van der Waals surface area contributed by atoms with E-state index in [0.717, 1.165) is 11.1 Å². The van der Waals surface area contributed by atoms with Crippen LogP contribution in [0, 0.1) is 18.2 Å². The zero-order chi connectivity index (χ0) is 12.3. The predicted octanol–water partition coefficient (Wildman–Crippen LogP) is 3.01. The van der Waals surface area contributed by atoms with Crippen LogP contribution in [0.1, 0.15) is 16.7 Å². The van der Waals surface area contributed by atoms with E-state index in [1.165, 1.54) is 24.3 Å². The molecule has 2 aromatic carbocycles. The van der Waals surface area contributed by atoms with E-state index in [1.54, 1.807) is 24.3 Å². The van der Waals surface area contributed by atoms with Gasteiger partial charge in [-0.15, -0.1) is 0 Å². The van der Waals surface area contributed by atoms with Gasteiger partial charge in [-0.3, -0.25) is 0 Å². The second kappa shape index (κ2) is 5.23. The lowest BCUT2D eigenvalue weighted by atomic mass is 10.0. The molecule has 1 radical (unpaired) electrons. The summed E-state index contributed by atoms with van der Waals surface area (Å²) in [7, 11) is -0.588. The molecule has 0 aromatic heterocycles. The van der Waals surface area contributed by atoms with Crippen molar-refractivity contribution in [2.24, 2.45) is 0 Å². The molecule has 0 spiro atoms. The Hall–Kier alpha value is -1.48. The minimum atomic E-state index is -0.588. The van der Waals surface area contributed by atoms with Gasteiger partial charge in [-0.25, -0.2) is 8.78 Å². The van der Waals surface area contributed by atoms with Crippen LogP contribution >= 0.6 is 0 Å². The summed E-state index contributed by atoms with van der Waals surface area (Å²) < 4.78 is 25.7. The fourth-order valence-corrected chi connectivity index (χ4v) is 3.13. The molecular formula is C14H13F2Si. The molecule has 2 aromatic rings. The lowest BCUT2D eigenvalue weighted by Gasteiger charge is -2.15. The van der Waals surface area contributed by atoms with Gasteiger partial charge in [-0.05, 0) is 40.9 Å². The SMILES string of the molecule is [CH2][SiH2]C(c1ccc(F)cc1)c1ccc(F)cc1. The molecular weight excluding hydrogens is 234 g/mol. The van der Waals surface area contributed by atoms with Gasteiger partial charge in [-0.1, -0.05) is 30.8 Å². The van der Waals surface area contributed by atoms with Crippen LogP contribution < -0.4 is 0 Å². The first kappa shape index (κ1) is 12.0. The molecule has 0 nitrogen and oxygen atoms in total. The number of halogens is 2. The normalized spacial score (nSPS) is 11.5. The first-order valence-electron chi connectivity index (χ1n) is 5.51. The first-order valence-corrected chi connectivity index (χ1v) is 7.32. The minimum Gasteiger partial charge on any atom is -0.207 e. The summed E-state index contributed by atoms with van der Waals surface area (Å²) in [6.07, 6.45) is 0. The highest BCUT2D eigenvalue weighted by Gasteiger charge is 2.12. The summed E-state index contributed by atoms with van der Waals surface area (Å²) in [5, 5.41) is 0. The van der Waals surface area contributed by atoms with Crippen LogP contribution in [0.25, 0.3) is 0 Å². The summed E-state index contributed by atoms with van der Waals surface area (Å²) in [6.45, 7) is 4.04. The quantitative estimate of drug-likeness (QED) is 0.731. The van der Waals surface area contributed by atoms with Gasteiger partial charge in [0.25, 0.3) is 0 Å². The van der Waals surface area contributed by atoms with E-state index in [2.05, 4.69) is 6.55 Å². The molecule has 0 aliphatic carbocycles. The third-order valence-corrected chi connectivity index (χ3v) is 4.35. The highest BCUT2D eigenvalue weighted by atomic mass is 28.2. The van der Waals surface area contributed by atoms with Crippen molar-refractivity contribution in [1.82, 2.24) is 0 Å². The molecule has 0 fully saturated rings. The van der Waals surface area contributed by atoms with Gasteiger partial charge in [0.1, 0.15) is 11.6 Å². The van der Waals surface area contributed by atoms with Crippen LogP contribution in [0.15, 0.2) is 48.5 Å². The van der Waals surface area contributed by atoms with Crippen LogP contribution in [0.5, 0.6) is 0 Å². The number of hydrogen-bond donors (Lipinski definition) is 0. The largest absolute Gasteiger partial charge is 0.207 e. The van der Waals surface area contributed by atoms with E-state index in [4.69, 9.17) is 0 Å². The summed E-state index contributed by atoms with van der Waals surface area (Å²) in [4.78, 5) is 0. The monoisotopic (exact) mass is 247 g/mol. The Morgan fingerprint density at radius 1 is 0.765 bits per heavy atom. The minimum absolute atomic E-state index is 0.219. The summed E-state index contributed by atoms with van der Waals surface area (Å²) in [5.74, 6) is -0.477. The van der Waals surface area contributed by atoms with E-state index in [-0.39, 0.29) is 17.2 Å². The van der Waals surface area contributed by atoms with Crippen molar-refractivity contribution in [2.75, 3.05) is 0 Å². The fourth-order valence-electron chi connectivity index (χ4n) is 1.92. The van der Waals surface area contributed by atoms with Crippen LogP contribution in [0.3, 0.4) is 0 Å². The Morgan fingerprint density at radius 2 is 1.12 bits per heavy atom. The maximum Gasteiger partial charge on any atom is 0.123 e. The molecule has 0 heterocycles. The average Bonchev–Trinajstić information content (AvgIpc) is 2.35. The van der Waals surface area contributed by atoms with E-state index >= 15 is 0 Å². The maximum absolute atomic E-state index is 12.9. The van der Waals surface area contributed by atoms with E-state index < -0.39 is 9.52 Å². The van der Waals surface area contributed by atoms with Crippen molar-refractivity contribution in [2.45, 2.75) is 5.54 Å². The lowest BCUT2D eigenvalue weighted by molar-refractivity contribution is 0.626. The second-order valence-corrected chi connectivity index (χ2v) is 5.34. The third-order valence-electron chi connectivity index (χ3n) is 2.83. The molecule has 0 amide bonds. The van der Waals surface area contributed by atoms with E-state index in [1.807, 2.05) is 0 Å². The molecule has 0 saturated carbocycles. The van der Waals surface area contributed by atoms with E-state index in [9.17, 15) is 8.78 Å². The van der Waals surface area contributed by atoms with Gasteiger partial charge in [0.05, 0.1) is 0 Å². The van der Waals surface area contributed by atoms with Gasteiger partial charge in [0.15, 0.2) is 0 Å². The standard InChI is InChI=1S/C14H13F2Si/c1-17-14(10-2-6-12(15)7-3-10)11-4-8-13(16)9-5-11/h2-9,14H,1,17H2. The number of benzene rings is 2. The van der Waals surface area contributed by atoms with Crippen molar-refractivity contribution < 1.29 is 8.78 Å². The smallest absolute Gasteiger partial charge is 0.123 e. The molecule has 0 bridgehead atoms. The van der Waals surface area contributed by atoms with Gasteiger partial charge in [0, 0.05) is 9.52 Å². The Labute approximate surface area is 102 Å². The van der Waals surface area contributed by atoms with Crippen molar-refractivity contribution >= 4 is 9.52 Å².